The van der Waals surface area contributed by atoms with Gasteiger partial charge in [0.25, 0.3) is 5.56 Å². The monoisotopic (exact) mass is 447 g/mol. The van der Waals surface area contributed by atoms with Gasteiger partial charge in [0.2, 0.25) is 5.91 Å². The normalized spacial score (nSPS) is 13.2. The van der Waals surface area contributed by atoms with Crippen LogP contribution in [0.2, 0.25) is 0 Å². The minimum atomic E-state index is -4.49. The maximum Gasteiger partial charge on any atom is 0.416 e. The molecule has 0 saturated heterocycles. The smallest absolute Gasteiger partial charge is 0.349 e. The average Bonchev–Trinajstić information content (AvgIpc) is 2.70. The van der Waals surface area contributed by atoms with Crippen LogP contribution in [0.4, 0.5) is 13.2 Å². The standard InChI is InChI=1S/C23H24F3N3O3/c1-22(2,3)19(14-7-6-8-15(13-14)23(24,25)26)27-18(30)11-12-29-17-10-5-4-9-16(17)20(31)28-21(29)32/h4-10,13,19H,11-12H2,1-3H3,(H,27,30)(H,28,31,32). The van der Waals surface area contributed by atoms with Crippen LogP contribution in [0.25, 0.3) is 10.9 Å². The summed E-state index contributed by atoms with van der Waals surface area (Å²) in [5.41, 5.74) is -1.76. The van der Waals surface area contributed by atoms with Gasteiger partial charge in [0.1, 0.15) is 0 Å². The van der Waals surface area contributed by atoms with Gasteiger partial charge >= 0.3 is 11.9 Å². The van der Waals surface area contributed by atoms with E-state index in [1.165, 1.54) is 10.6 Å². The lowest BCUT2D eigenvalue weighted by molar-refractivity contribution is -0.137. The van der Waals surface area contributed by atoms with Crippen LogP contribution >= 0.6 is 0 Å². The molecule has 0 aliphatic rings. The number of halogens is 3. The summed E-state index contributed by atoms with van der Waals surface area (Å²) < 4.78 is 40.7. The average molecular weight is 447 g/mol. The zero-order valence-corrected chi connectivity index (χ0v) is 17.9. The number of hydrogen-bond acceptors (Lipinski definition) is 3. The van der Waals surface area contributed by atoms with Crippen LogP contribution in [-0.2, 0) is 17.5 Å². The van der Waals surface area contributed by atoms with Crippen LogP contribution in [0.15, 0.2) is 58.1 Å². The van der Waals surface area contributed by atoms with Gasteiger partial charge in [-0.25, -0.2) is 4.79 Å². The van der Waals surface area contributed by atoms with Gasteiger partial charge in [-0.2, -0.15) is 13.2 Å². The Bertz CT molecular complexity index is 1250. The molecular weight excluding hydrogens is 423 g/mol. The van der Waals surface area contributed by atoms with Crippen LogP contribution < -0.4 is 16.6 Å². The van der Waals surface area contributed by atoms with Crippen LogP contribution in [-0.4, -0.2) is 15.5 Å². The number of carbonyl (C=O) groups excluding carboxylic acids is 1. The molecule has 3 rings (SSSR count). The Labute approximate surface area is 182 Å². The van der Waals surface area contributed by atoms with E-state index >= 15 is 0 Å². The van der Waals surface area contributed by atoms with Crippen LogP contribution in [0, 0.1) is 5.41 Å². The van der Waals surface area contributed by atoms with Crippen molar-refractivity contribution < 1.29 is 18.0 Å². The number of para-hydroxylation sites is 1. The summed E-state index contributed by atoms with van der Waals surface area (Å²) >= 11 is 0. The van der Waals surface area contributed by atoms with Gasteiger partial charge in [0.15, 0.2) is 0 Å². The molecule has 0 aliphatic heterocycles. The van der Waals surface area contributed by atoms with E-state index in [4.69, 9.17) is 0 Å². The maximum atomic E-state index is 13.1. The van der Waals surface area contributed by atoms with E-state index in [1.807, 2.05) is 20.8 Å². The van der Waals surface area contributed by atoms with E-state index in [0.717, 1.165) is 12.1 Å². The van der Waals surface area contributed by atoms with Crippen molar-refractivity contribution >= 4 is 16.8 Å². The van der Waals surface area contributed by atoms with Gasteiger partial charge in [-0.3, -0.25) is 19.1 Å². The number of nitrogens with zero attached hydrogens (tertiary/aromatic N) is 1. The van der Waals surface area contributed by atoms with Crippen LogP contribution in [0.1, 0.15) is 44.4 Å². The Morgan fingerprint density at radius 1 is 1.06 bits per heavy atom. The van der Waals surface area contributed by atoms with Crippen molar-refractivity contribution in [3.05, 3.63) is 80.5 Å². The van der Waals surface area contributed by atoms with Gasteiger partial charge in [-0.05, 0) is 35.2 Å². The van der Waals surface area contributed by atoms with Crippen molar-refractivity contribution in [1.82, 2.24) is 14.9 Å². The molecule has 0 bridgehead atoms. The summed E-state index contributed by atoms with van der Waals surface area (Å²) in [7, 11) is 0. The van der Waals surface area contributed by atoms with Crippen molar-refractivity contribution in [1.29, 1.82) is 0 Å². The first kappa shape index (κ1) is 23.3. The van der Waals surface area contributed by atoms with Crippen molar-refractivity contribution in [3.8, 4) is 0 Å². The Balaban J connectivity index is 1.83. The molecule has 1 atom stereocenters. The Morgan fingerprint density at radius 3 is 2.41 bits per heavy atom. The molecule has 170 valence electrons. The number of carbonyl (C=O) groups is 1. The number of amides is 1. The third-order valence-electron chi connectivity index (χ3n) is 5.19. The van der Waals surface area contributed by atoms with Crippen molar-refractivity contribution in [2.75, 3.05) is 0 Å². The number of nitrogens with one attached hydrogen (secondary N) is 2. The molecule has 3 aromatic rings. The molecular formula is C23H24F3N3O3. The first-order valence-electron chi connectivity index (χ1n) is 10.1. The molecule has 2 aromatic carbocycles. The lowest BCUT2D eigenvalue weighted by Crippen LogP contribution is -2.38. The minimum Gasteiger partial charge on any atom is -0.349 e. The molecule has 1 aromatic heterocycles. The number of aromatic amines is 1. The number of rotatable bonds is 5. The molecule has 9 heteroatoms. The number of aryl methyl sites for hydroxylation is 1. The molecule has 6 nitrogen and oxygen atoms in total. The Kier molecular flexibility index (Phi) is 6.29. The zero-order chi connectivity index (χ0) is 23.7. The molecule has 0 radical (unpaired) electrons. The molecule has 0 aliphatic carbocycles. The van der Waals surface area contributed by atoms with Crippen molar-refractivity contribution in [2.24, 2.45) is 5.41 Å². The predicted molar refractivity (Wildman–Crippen MR) is 115 cm³/mol. The number of aromatic nitrogens is 2. The van der Waals surface area contributed by atoms with Crippen LogP contribution in [0.5, 0.6) is 0 Å². The van der Waals surface area contributed by atoms with E-state index in [2.05, 4.69) is 10.3 Å². The summed E-state index contributed by atoms with van der Waals surface area (Å²) in [6.45, 7) is 5.45. The number of fused-ring (bicyclic) bond motifs is 1. The number of alkyl halides is 3. The highest BCUT2D eigenvalue weighted by atomic mass is 19.4. The maximum absolute atomic E-state index is 13.1. The van der Waals surface area contributed by atoms with Gasteiger partial charge < -0.3 is 5.32 Å². The first-order chi connectivity index (χ1) is 14.9. The van der Waals surface area contributed by atoms with Gasteiger partial charge in [0.05, 0.1) is 22.5 Å². The highest BCUT2D eigenvalue weighted by molar-refractivity contribution is 5.79. The molecule has 0 spiro atoms. The van der Waals surface area contributed by atoms with Crippen molar-refractivity contribution in [2.45, 2.75) is 46.0 Å². The highest BCUT2D eigenvalue weighted by Gasteiger charge is 2.33. The minimum absolute atomic E-state index is 0.00140. The number of H-pyrrole nitrogens is 1. The molecule has 2 N–H and O–H groups in total. The van der Waals surface area contributed by atoms with E-state index in [9.17, 15) is 27.6 Å². The largest absolute Gasteiger partial charge is 0.416 e. The van der Waals surface area contributed by atoms with Crippen LogP contribution in [0.3, 0.4) is 0 Å². The third-order valence-corrected chi connectivity index (χ3v) is 5.19. The summed E-state index contributed by atoms with van der Waals surface area (Å²) in [5.74, 6) is -0.426. The lowest BCUT2D eigenvalue weighted by Gasteiger charge is -2.32. The predicted octanol–water partition coefficient (Wildman–Crippen LogP) is 4.00. The molecule has 1 heterocycles. The fraction of sp³-hybridized carbons (Fsp3) is 0.348. The van der Waals surface area contributed by atoms with E-state index in [-0.39, 0.29) is 13.0 Å². The molecule has 0 fully saturated rings. The topological polar surface area (TPSA) is 84.0 Å². The Morgan fingerprint density at radius 2 is 1.75 bits per heavy atom. The molecule has 1 unspecified atom stereocenters. The summed E-state index contributed by atoms with van der Waals surface area (Å²) in [6, 6.07) is 10.7. The SMILES string of the molecule is CC(C)(C)C(NC(=O)CCn1c(=O)[nH]c(=O)c2ccccc21)c1cccc(C(F)(F)F)c1. The summed E-state index contributed by atoms with van der Waals surface area (Å²) in [5, 5.41) is 3.13. The fourth-order valence-corrected chi connectivity index (χ4v) is 3.61. The van der Waals surface area contributed by atoms with Gasteiger partial charge in [-0.15, -0.1) is 0 Å². The number of benzene rings is 2. The number of hydrogen-bond donors (Lipinski definition) is 2. The molecule has 32 heavy (non-hydrogen) atoms. The second kappa shape index (κ2) is 8.64. The molecule has 1 amide bonds. The molecule has 0 saturated carbocycles. The first-order valence-corrected chi connectivity index (χ1v) is 10.1. The van der Waals surface area contributed by atoms with Crippen molar-refractivity contribution in [3.63, 3.8) is 0 Å². The Hall–Kier alpha value is -3.36. The third kappa shape index (κ3) is 5.09. The fourth-order valence-electron chi connectivity index (χ4n) is 3.61. The van der Waals surface area contributed by atoms with E-state index in [1.54, 1.807) is 30.3 Å². The lowest BCUT2D eigenvalue weighted by atomic mass is 9.82. The second-order valence-corrected chi connectivity index (χ2v) is 8.67. The zero-order valence-electron chi connectivity index (χ0n) is 17.9. The summed E-state index contributed by atoms with van der Waals surface area (Å²) in [4.78, 5) is 39.2. The second-order valence-electron chi connectivity index (χ2n) is 8.67. The quantitative estimate of drug-likeness (QED) is 0.620. The summed E-state index contributed by atoms with van der Waals surface area (Å²) in [6.07, 6.45) is -4.59. The highest BCUT2D eigenvalue weighted by Crippen LogP contribution is 2.36. The van der Waals surface area contributed by atoms with Gasteiger partial charge in [0, 0.05) is 13.0 Å². The van der Waals surface area contributed by atoms with E-state index in [0.29, 0.717) is 16.5 Å². The van der Waals surface area contributed by atoms with E-state index < -0.39 is 40.4 Å². The van der Waals surface area contributed by atoms with Gasteiger partial charge in [-0.1, -0.05) is 45.0 Å².